The fraction of sp³-hybridized carbons (Fsp3) is 0.941. The van der Waals surface area contributed by atoms with E-state index in [0.717, 1.165) is 31.1 Å². The summed E-state index contributed by atoms with van der Waals surface area (Å²) < 4.78 is 0. The number of rotatable bonds is 4. The summed E-state index contributed by atoms with van der Waals surface area (Å²) in [5.41, 5.74) is 0.358. The van der Waals surface area contributed by atoms with Gasteiger partial charge in [0, 0.05) is 13.6 Å². The SMILES string of the molecule is CC(O)CCN(C)C(=O)C12CC3CC(CC(C)(C3)C1)C2. The van der Waals surface area contributed by atoms with Gasteiger partial charge in [-0.2, -0.15) is 0 Å². The topological polar surface area (TPSA) is 40.5 Å². The van der Waals surface area contributed by atoms with Gasteiger partial charge in [-0.1, -0.05) is 6.92 Å². The number of nitrogens with zero attached hydrogens (tertiary/aromatic N) is 1. The molecule has 0 radical (unpaired) electrons. The molecular weight excluding hydrogens is 250 g/mol. The number of amides is 1. The number of aliphatic hydroxyl groups excluding tert-OH is 1. The Morgan fingerprint density at radius 3 is 2.40 bits per heavy atom. The highest BCUT2D eigenvalue weighted by atomic mass is 16.3. The molecular formula is C17H29NO2. The molecule has 0 aliphatic heterocycles. The van der Waals surface area contributed by atoms with Crippen LogP contribution in [0.3, 0.4) is 0 Å². The highest BCUT2D eigenvalue weighted by Gasteiger charge is 2.59. The number of carbonyl (C=O) groups excluding carboxylic acids is 1. The van der Waals surface area contributed by atoms with Gasteiger partial charge < -0.3 is 10.0 Å². The summed E-state index contributed by atoms with van der Waals surface area (Å²) >= 11 is 0. The first kappa shape index (κ1) is 14.4. The molecule has 1 N–H and O–H groups in total. The molecule has 4 aliphatic carbocycles. The van der Waals surface area contributed by atoms with Crippen LogP contribution in [0.4, 0.5) is 0 Å². The second-order valence-corrected chi connectivity index (χ2v) is 8.42. The third-order valence-electron chi connectivity index (χ3n) is 6.04. The minimum atomic E-state index is -0.320. The zero-order valence-corrected chi connectivity index (χ0v) is 13.2. The van der Waals surface area contributed by atoms with Gasteiger partial charge in [0.15, 0.2) is 0 Å². The van der Waals surface area contributed by atoms with Gasteiger partial charge in [-0.15, -0.1) is 0 Å². The zero-order chi connectivity index (χ0) is 14.5. The Morgan fingerprint density at radius 2 is 1.90 bits per heavy atom. The lowest BCUT2D eigenvalue weighted by Crippen LogP contribution is -2.57. The van der Waals surface area contributed by atoms with Crippen molar-refractivity contribution in [3.63, 3.8) is 0 Å². The first-order valence-corrected chi connectivity index (χ1v) is 8.26. The lowest BCUT2D eigenvalue weighted by molar-refractivity contribution is -0.165. The van der Waals surface area contributed by atoms with Crippen LogP contribution in [0.2, 0.25) is 0 Å². The fourth-order valence-electron chi connectivity index (χ4n) is 5.86. The number of aliphatic hydroxyl groups is 1. The van der Waals surface area contributed by atoms with E-state index in [1.165, 1.54) is 19.3 Å². The Bertz CT molecular complexity index is 390. The van der Waals surface area contributed by atoms with E-state index in [0.29, 0.717) is 24.3 Å². The van der Waals surface area contributed by atoms with Crippen LogP contribution in [0, 0.1) is 22.7 Å². The Morgan fingerprint density at radius 1 is 1.30 bits per heavy atom. The zero-order valence-electron chi connectivity index (χ0n) is 13.2. The summed E-state index contributed by atoms with van der Waals surface area (Å²) in [5.74, 6) is 1.93. The van der Waals surface area contributed by atoms with Crippen LogP contribution in [0.5, 0.6) is 0 Å². The molecule has 3 unspecified atom stereocenters. The Labute approximate surface area is 122 Å². The van der Waals surface area contributed by atoms with Crippen LogP contribution in [-0.4, -0.2) is 35.6 Å². The molecule has 4 aliphatic rings. The second-order valence-electron chi connectivity index (χ2n) is 8.42. The minimum absolute atomic E-state index is 0.0632. The van der Waals surface area contributed by atoms with Crippen LogP contribution in [0.15, 0.2) is 0 Å². The predicted molar refractivity (Wildman–Crippen MR) is 79.2 cm³/mol. The van der Waals surface area contributed by atoms with Crippen molar-refractivity contribution >= 4 is 5.91 Å². The van der Waals surface area contributed by atoms with E-state index in [1.807, 2.05) is 11.9 Å². The summed E-state index contributed by atoms with van der Waals surface area (Å²) in [6, 6.07) is 0. The summed E-state index contributed by atoms with van der Waals surface area (Å²) in [4.78, 5) is 14.9. The molecule has 3 nitrogen and oxygen atoms in total. The fourth-order valence-corrected chi connectivity index (χ4v) is 5.86. The second kappa shape index (κ2) is 4.72. The molecule has 0 aromatic carbocycles. The quantitative estimate of drug-likeness (QED) is 0.859. The van der Waals surface area contributed by atoms with E-state index < -0.39 is 0 Å². The number of carbonyl (C=O) groups is 1. The smallest absolute Gasteiger partial charge is 0.228 e. The molecule has 0 saturated heterocycles. The first-order chi connectivity index (χ1) is 9.32. The maximum absolute atomic E-state index is 13.0. The third-order valence-corrected chi connectivity index (χ3v) is 6.04. The lowest BCUT2D eigenvalue weighted by atomic mass is 9.44. The van der Waals surface area contributed by atoms with Gasteiger partial charge in [-0.05, 0) is 69.1 Å². The van der Waals surface area contributed by atoms with E-state index in [4.69, 9.17) is 0 Å². The van der Waals surface area contributed by atoms with Gasteiger partial charge in [0.1, 0.15) is 0 Å². The summed E-state index contributed by atoms with van der Waals surface area (Å²) in [6.07, 6.45) is 7.76. The molecule has 20 heavy (non-hydrogen) atoms. The van der Waals surface area contributed by atoms with Gasteiger partial charge in [-0.3, -0.25) is 4.79 Å². The Balaban J connectivity index is 1.74. The molecule has 4 bridgehead atoms. The maximum Gasteiger partial charge on any atom is 0.228 e. The van der Waals surface area contributed by atoms with Gasteiger partial charge in [0.25, 0.3) is 0 Å². The molecule has 4 saturated carbocycles. The summed E-state index contributed by atoms with van der Waals surface area (Å²) in [6.45, 7) is 4.89. The number of hydrogen-bond donors (Lipinski definition) is 1. The van der Waals surface area contributed by atoms with Crippen LogP contribution < -0.4 is 0 Å². The Kier molecular flexibility index (Phi) is 3.39. The van der Waals surface area contributed by atoms with Crippen molar-refractivity contribution in [3.05, 3.63) is 0 Å². The molecule has 0 spiro atoms. The van der Waals surface area contributed by atoms with Gasteiger partial charge in [-0.25, -0.2) is 0 Å². The van der Waals surface area contributed by atoms with Gasteiger partial charge >= 0.3 is 0 Å². The molecule has 4 rings (SSSR count). The Hall–Kier alpha value is -0.570. The largest absolute Gasteiger partial charge is 0.393 e. The summed E-state index contributed by atoms with van der Waals surface area (Å²) in [5, 5.41) is 9.42. The highest BCUT2D eigenvalue weighted by Crippen LogP contribution is 2.65. The van der Waals surface area contributed by atoms with E-state index in [2.05, 4.69) is 6.92 Å². The van der Waals surface area contributed by atoms with Crippen LogP contribution in [-0.2, 0) is 4.79 Å². The molecule has 3 heteroatoms. The molecule has 0 aromatic rings. The predicted octanol–water partition coefficient (Wildman–Crippen LogP) is 2.82. The minimum Gasteiger partial charge on any atom is -0.393 e. The summed E-state index contributed by atoms with van der Waals surface area (Å²) in [7, 11) is 1.92. The lowest BCUT2D eigenvalue weighted by Gasteiger charge is -2.61. The van der Waals surface area contributed by atoms with Crippen LogP contribution >= 0.6 is 0 Å². The van der Waals surface area contributed by atoms with E-state index >= 15 is 0 Å². The van der Waals surface area contributed by atoms with Crippen LogP contribution in [0.1, 0.15) is 58.8 Å². The molecule has 0 aromatic heterocycles. The average Bonchev–Trinajstić information content (AvgIpc) is 2.31. The first-order valence-electron chi connectivity index (χ1n) is 8.26. The molecule has 3 atom stereocenters. The standard InChI is InChI=1S/C17H29NO2/c1-12(19)4-5-18(3)15(20)17-9-13-6-14(10-17)8-16(2,7-13)11-17/h12-14,19H,4-11H2,1-3H3. The molecule has 114 valence electrons. The van der Waals surface area contributed by atoms with Crippen molar-refractivity contribution in [1.29, 1.82) is 0 Å². The van der Waals surface area contributed by atoms with Crippen molar-refractivity contribution in [1.82, 2.24) is 4.90 Å². The maximum atomic E-state index is 13.0. The highest BCUT2D eigenvalue weighted by molar-refractivity contribution is 5.83. The average molecular weight is 279 g/mol. The molecule has 1 amide bonds. The van der Waals surface area contributed by atoms with E-state index in [9.17, 15) is 9.90 Å². The van der Waals surface area contributed by atoms with Crippen molar-refractivity contribution in [2.24, 2.45) is 22.7 Å². The van der Waals surface area contributed by atoms with Crippen molar-refractivity contribution in [3.8, 4) is 0 Å². The molecule has 0 heterocycles. The normalized spacial score (nSPS) is 43.6. The van der Waals surface area contributed by atoms with Crippen molar-refractivity contribution < 1.29 is 9.90 Å². The van der Waals surface area contributed by atoms with Gasteiger partial charge in [0.05, 0.1) is 11.5 Å². The van der Waals surface area contributed by atoms with Crippen molar-refractivity contribution in [2.45, 2.75) is 64.9 Å². The van der Waals surface area contributed by atoms with E-state index in [-0.39, 0.29) is 11.5 Å². The van der Waals surface area contributed by atoms with E-state index in [1.54, 1.807) is 6.92 Å². The van der Waals surface area contributed by atoms with Gasteiger partial charge in [0.2, 0.25) is 5.91 Å². The molecule has 4 fully saturated rings. The monoisotopic (exact) mass is 279 g/mol. The van der Waals surface area contributed by atoms with Crippen molar-refractivity contribution in [2.75, 3.05) is 13.6 Å². The number of hydrogen-bond acceptors (Lipinski definition) is 2. The third kappa shape index (κ3) is 2.38. The van der Waals surface area contributed by atoms with Crippen LogP contribution in [0.25, 0.3) is 0 Å².